The monoisotopic (exact) mass is 388 g/mol. The number of carbonyl (C=O) groups is 2. The molecule has 0 spiro atoms. The maximum absolute atomic E-state index is 12.7. The first-order chi connectivity index (χ1) is 12.8. The van der Waals surface area contributed by atoms with Crippen molar-refractivity contribution in [2.24, 2.45) is 17.8 Å². The van der Waals surface area contributed by atoms with Gasteiger partial charge in [-0.3, -0.25) is 14.4 Å². The molecule has 0 saturated heterocycles. The van der Waals surface area contributed by atoms with E-state index in [0.29, 0.717) is 34.7 Å². The van der Waals surface area contributed by atoms with E-state index in [2.05, 4.69) is 9.97 Å². The van der Waals surface area contributed by atoms with E-state index in [0.717, 1.165) is 29.7 Å². The molecule has 0 radical (unpaired) electrons. The van der Waals surface area contributed by atoms with Crippen molar-refractivity contribution in [2.45, 2.75) is 59.0 Å². The number of fused-ring (bicyclic) bond motifs is 3. The third kappa shape index (κ3) is 3.22. The first kappa shape index (κ1) is 18.3. The van der Waals surface area contributed by atoms with Gasteiger partial charge in [0, 0.05) is 16.7 Å². The number of aromatic nitrogens is 2. The van der Waals surface area contributed by atoms with Crippen LogP contribution in [-0.4, -0.2) is 21.7 Å². The fourth-order valence-corrected chi connectivity index (χ4v) is 5.50. The largest absolute Gasteiger partial charge is 0.454 e. The van der Waals surface area contributed by atoms with E-state index in [1.165, 1.54) is 11.3 Å². The lowest BCUT2D eigenvalue weighted by Gasteiger charge is -2.36. The number of rotatable bonds is 3. The minimum atomic E-state index is -0.630. The molecule has 2 aliphatic rings. The molecule has 6 nitrogen and oxygen atoms in total. The molecule has 2 aliphatic carbocycles. The normalized spacial score (nSPS) is 26.2. The molecule has 1 N–H and O–H groups in total. The molecule has 2 heterocycles. The first-order valence-electron chi connectivity index (χ1n) is 9.59. The zero-order valence-corrected chi connectivity index (χ0v) is 16.6. The average molecular weight is 388 g/mol. The number of nitrogens with one attached hydrogen (secondary N) is 1. The Bertz CT molecular complexity index is 960. The van der Waals surface area contributed by atoms with E-state index in [4.69, 9.17) is 4.74 Å². The van der Waals surface area contributed by atoms with Crippen LogP contribution in [0.1, 0.15) is 61.4 Å². The molecule has 2 saturated carbocycles. The van der Waals surface area contributed by atoms with Crippen LogP contribution in [0.4, 0.5) is 0 Å². The molecule has 2 fully saturated rings. The van der Waals surface area contributed by atoms with Crippen molar-refractivity contribution in [3.63, 3.8) is 0 Å². The van der Waals surface area contributed by atoms with Crippen molar-refractivity contribution < 1.29 is 14.3 Å². The number of Topliss-reactive ketones (excluding diaryl/α,β-unsaturated/α-hetero) is 1. The molecule has 0 amide bonds. The van der Waals surface area contributed by atoms with Crippen LogP contribution in [0.15, 0.2) is 4.79 Å². The zero-order valence-electron chi connectivity index (χ0n) is 15.8. The van der Waals surface area contributed by atoms with Crippen LogP contribution in [0.3, 0.4) is 0 Å². The number of hydrogen-bond acceptors (Lipinski definition) is 6. The van der Waals surface area contributed by atoms with Crippen molar-refractivity contribution in [1.29, 1.82) is 0 Å². The summed E-state index contributed by atoms with van der Waals surface area (Å²) in [5.74, 6) is 0.205. The number of carbonyl (C=O) groups excluding carboxylic acids is 2. The molecule has 0 aliphatic heterocycles. The molecule has 1 unspecified atom stereocenters. The fraction of sp³-hybridized carbons (Fsp3) is 0.600. The van der Waals surface area contributed by atoms with E-state index in [-0.39, 0.29) is 29.3 Å². The van der Waals surface area contributed by atoms with Crippen LogP contribution in [0.5, 0.6) is 0 Å². The quantitative estimate of drug-likeness (QED) is 0.812. The fourth-order valence-electron chi connectivity index (χ4n) is 4.46. The van der Waals surface area contributed by atoms with Crippen molar-refractivity contribution in [1.82, 2.24) is 9.97 Å². The van der Waals surface area contributed by atoms with Crippen LogP contribution < -0.4 is 5.56 Å². The van der Waals surface area contributed by atoms with Crippen LogP contribution >= 0.6 is 11.3 Å². The Hall–Kier alpha value is -2.02. The summed E-state index contributed by atoms with van der Waals surface area (Å²) < 4.78 is 5.64. The predicted molar refractivity (Wildman–Crippen MR) is 103 cm³/mol. The number of ketones is 1. The van der Waals surface area contributed by atoms with E-state index >= 15 is 0 Å². The van der Waals surface area contributed by atoms with Gasteiger partial charge in [-0.05, 0) is 52.0 Å². The summed E-state index contributed by atoms with van der Waals surface area (Å²) in [6.07, 6.45) is 3.40. The summed E-state index contributed by atoms with van der Waals surface area (Å²) in [7, 11) is 0. The van der Waals surface area contributed by atoms with Gasteiger partial charge in [0.25, 0.3) is 5.56 Å². The topological polar surface area (TPSA) is 89.1 Å². The second-order valence-electron chi connectivity index (χ2n) is 7.89. The van der Waals surface area contributed by atoms with Gasteiger partial charge in [-0.15, -0.1) is 11.3 Å². The van der Waals surface area contributed by atoms with Gasteiger partial charge >= 0.3 is 5.97 Å². The number of aryl methyl sites for hydroxylation is 2. The minimum Gasteiger partial charge on any atom is -0.454 e. The van der Waals surface area contributed by atoms with Crippen molar-refractivity contribution in [3.05, 3.63) is 26.6 Å². The maximum Gasteiger partial charge on any atom is 0.309 e. The van der Waals surface area contributed by atoms with Gasteiger partial charge in [0.05, 0.1) is 11.3 Å². The number of thiophene rings is 1. The standard InChI is InChI=1S/C20H24N2O4S/c1-9-11(3)27-19-15(9)18(24)21-17(22-19)10(2)26-20(25)14-7-12-5-4-6-13(8-14)16(12)23/h10,12-14H,4-8H2,1-3H3,(H,21,22,24)/t10-,12-,13+,14?/m1/s1. The van der Waals surface area contributed by atoms with Crippen LogP contribution in [0.2, 0.25) is 0 Å². The summed E-state index contributed by atoms with van der Waals surface area (Å²) in [6.45, 7) is 5.60. The molecule has 27 heavy (non-hydrogen) atoms. The third-order valence-corrected chi connectivity index (χ3v) is 7.22. The molecule has 4 atom stereocenters. The van der Waals surface area contributed by atoms with E-state index in [9.17, 15) is 14.4 Å². The molecule has 7 heteroatoms. The lowest BCUT2D eigenvalue weighted by atomic mass is 9.67. The Kier molecular flexibility index (Phi) is 4.66. The molecule has 2 aromatic heterocycles. The highest BCUT2D eigenvalue weighted by Crippen LogP contribution is 2.41. The Morgan fingerprint density at radius 3 is 2.56 bits per heavy atom. The molecule has 4 rings (SSSR count). The second kappa shape index (κ2) is 6.86. The highest BCUT2D eigenvalue weighted by molar-refractivity contribution is 7.18. The molecule has 2 bridgehead atoms. The van der Waals surface area contributed by atoms with Crippen molar-refractivity contribution in [3.8, 4) is 0 Å². The number of H-pyrrole nitrogens is 1. The lowest BCUT2D eigenvalue weighted by Crippen LogP contribution is -2.39. The highest BCUT2D eigenvalue weighted by Gasteiger charge is 2.42. The van der Waals surface area contributed by atoms with Gasteiger partial charge in [-0.2, -0.15) is 0 Å². The number of aromatic amines is 1. The molecule has 144 valence electrons. The SMILES string of the molecule is Cc1sc2nc([C@@H](C)OC(=O)C3C[C@H]4CCC[C@@H](C3)C4=O)[nH]c(=O)c2c1C. The van der Waals surface area contributed by atoms with Crippen LogP contribution in [0, 0.1) is 31.6 Å². The van der Waals surface area contributed by atoms with E-state index < -0.39 is 6.10 Å². The second-order valence-corrected chi connectivity index (χ2v) is 9.09. The lowest BCUT2D eigenvalue weighted by molar-refractivity contribution is -0.158. The van der Waals surface area contributed by atoms with E-state index in [1.54, 1.807) is 6.92 Å². The average Bonchev–Trinajstić information content (AvgIpc) is 2.89. The van der Waals surface area contributed by atoms with Crippen LogP contribution in [0.25, 0.3) is 10.2 Å². The summed E-state index contributed by atoms with van der Waals surface area (Å²) in [5.41, 5.74) is 0.746. The molecule has 0 aromatic carbocycles. The summed E-state index contributed by atoms with van der Waals surface area (Å²) in [4.78, 5) is 46.3. The summed E-state index contributed by atoms with van der Waals surface area (Å²) in [6, 6.07) is 0. The Labute approximate surface area is 161 Å². The third-order valence-electron chi connectivity index (χ3n) is 6.12. The number of ether oxygens (including phenoxy) is 1. The molecular formula is C20H24N2O4S. The molecule has 2 aromatic rings. The van der Waals surface area contributed by atoms with Crippen LogP contribution in [-0.2, 0) is 14.3 Å². The number of esters is 1. The maximum atomic E-state index is 12.7. The van der Waals surface area contributed by atoms with Gasteiger partial charge in [0.15, 0.2) is 11.9 Å². The van der Waals surface area contributed by atoms with E-state index in [1.807, 2.05) is 13.8 Å². The van der Waals surface area contributed by atoms with Crippen molar-refractivity contribution in [2.75, 3.05) is 0 Å². The van der Waals surface area contributed by atoms with Crippen molar-refractivity contribution >= 4 is 33.3 Å². The van der Waals surface area contributed by atoms with Gasteiger partial charge < -0.3 is 9.72 Å². The summed E-state index contributed by atoms with van der Waals surface area (Å²) in [5, 5.41) is 0.610. The Balaban J connectivity index is 1.51. The van der Waals surface area contributed by atoms with Gasteiger partial charge in [-0.25, -0.2) is 4.98 Å². The Morgan fingerprint density at radius 2 is 1.89 bits per heavy atom. The van der Waals surface area contributed by atoms with Gasteiger partial charge in [0.2, 0.25) is 0 Å². The van der Waals surface area contributed by atoms with Gasteiger partial charge in [-0.1, -0.05) is 6.42 Å². The Morgan fingerprint density at radius 1 is 1.22 bits per heavy atom. The zero-order chi connectivity index (χ0) is 19.3. The number of nitrogens with zero attached hydrogens (tertiary/aromatic N) is 1. The smallest absolute Gasteiger partial charge is 0.309 e. The number of hydrogen-bond donors (Lipinski definition) is 1. The molecular weight excluding hydrogens is 364 g/mol. The van der Waals surface area contributed by atoms with Gasteiger partial charge in [0.1, 0.15) is 10.6 Å². The summed E-state index contributed by atoms with van der Waals surface area (Å²) >= 11 is 1.47. The predicted octanol–water partition coefficient (Wildman–Crippen LogP) is 3.60. The minimum absolute atomic E-state index is 0.0108. The first-order valence-corrected chi connectivity index (χ1v) is 10.4. The highest BCUT2D eigenvalue weighted by atomic mass is 32.1.